The van der Waals surface area contributed by atoms with Gasteiger partial charge in [0.05, 0.1) is 6.04 Å². The quantitative estimate of drug-likeness (QED) is 0.673. The lowest BCUT2D eigenvalue weighted by Crippen LogP contribution is -2.50. The molecule has 0 aromatic heterocycles. The maximum Gasteiger partial charge on any atom is 0.237 e. The normalized spacial score (nSPS) is 32.9. The Balaban J connectivity index is 1.77. The summed E-state index contributed by atoms with van der Waals surface area (Å²) in [7, 11) is 2.12. The smallest absolute Gasteiger partial charge is 0.237 e. The molecule has 4 nitrogen and oxygen atoms in total. The van der Waals surface area contributed by atoms with Crippen LogP contribution in [0.2, 0.25) is 0 Å². The molecule has 2 aliphatic heterocycles. The van der Waals surface area contributed by atoms with E-state index in [9.17, 15) is 4.79 Å². The number of rotatable bonds is 2. The summed E-state index contributed by atoms with van der Waals surface area (Å²) in [6.45, 7) is 3.15. The van der Waals surface area contributed by atoms with Crippen LogP contribution in [0, 0.1) is 0 Å². The molecule has 0 saturated carbocycles. The minimum absolute atomic E-state index is 0.0669. The zero-order valence-electron chi connectivity index (χ0n) is 9.46. The van der Waals surface area contributed by atoms with Gasteiger partial charge in [-0.2, -0.15) is 0 Å². The zero-order chi connectivity index (χ0) is 10.7. The van der Waals surface area contributed by atoms with E-state index >= 15 is 0 Å². The Labute approximate surface area is 91.4 Å². The molecule has 0 bridgehead atoms. The summed E-state index contributed by atoms with van der Waals surface area (Å²) in [4.78, 5) is 14.1. The summed E-state index contributed by atoms with van der Waals surface area (Å²) in [5, 5.41) is 6.38. The number of carbonyl (C=O) groups is 1. The van der Waals surface area contributed by atoms with Crippen molar-refractivity contribution in [3.05, 3.63) is 0 Å². The SMILES string of the molecule is CN1CCCC(NC(=O)[C@H]2CCCN2)C1. The predicted molar refractivity (Wildman–Crippen MR) is 59.7 cm³/mol. The van der Waals surface area contributed by atoms with E-state index in [1.807, 2.05) is 0 Å². The summed E-state index contributed by atoms with van der Waals surface area (Å²) in [6.07, 6.45) is 4.44. The Morgan fingerprint density at radius 3 is 2.93 bits per heavy atom. The molecule has 1 unspecified atom stereocenters. The standard InChI is InChI=1S/C11H21N3O/c1-14-7-3-4-9(8-14)13-11(15)10-5-2-6-12-10/h9-10,12H,2-8H2,1H3,(H,13,15)/t9?,10-/m1/s1. The van der Waals surface area contributed by atoms with Gasteiger partial charge in [-0.3, -0.25) is 4.79 Å². The number of carbonyl (C=O) groups excluding carboxylic acids is 1. The third-order valence-corrected chi connectivity index (χ3v) is 3.35. The molecule has 2 saturated heterocycles. The van der Waals surface area contributed by atoms with Gasteiger partial charge in [-0.15, -0.1) is 0 Å². The third kappa shape index (κ3) is 2.92. The van der Waals surface area contributed by atoms with Crippen molar-refractivity contribution in [1.82, 2.24) is 15.5 Å². The van der Waals surface area contributed by atoms with Crippen molar-refractivity contribution >= 4 is 5.91 Å². The Bertz CT molecular complexity index is 226. The maximum atomic E-state index is 11.8. The monoisotopic (exact) mass is 211 g/mol. The predicted octanol–water partition coefficient (Wildman–Crippen LogP) is -0.0512. The van der Waals surface area contributed by atoms with Gasteiger partial charge in [0.2, 0.25) is 5.91 Å². The molecule has 15 heavy (non-hydrogen) atoms. The van der Waals surface area contributed by atoms with Gasteiger partial charge in [0.15, 0.2) is 0 Å². The third-order valence-electron chi connectivity index (χ3n) is 3.35. The van der Waals surface area contributed by atoms with E-state index in [-0.39, 0.29) is 11.9 Å². The molecule has 2 rings (SSSR count). The lowest BCUT2D eigenvalue weighted by Gasteiger charge is -2.30. The average Bonchev–Trinajstić information content (AvgIpc) is 2.70. The molecule has 2 aliphatic rings. The van der Waals surface area contributed by atoms with Crippen molar-refractivity contribution < 1.29 is 4.79 Å². The summed E-state index contributed by atoms with van der Waals surface area (Å²) in [6, 6.07) is 0.427. The van der Waals surface area contributed by atoms with Gasteiger partial charge in [-0.25, -0.2) is 0 Å². The minimum Gasteiger partial charge on any atom is -0.351 e. The van der Waals surface area contributed by atoms with Gasteiger partial charge >= 0.3 is 0 Å². The second kappa shape index (κ2) is 4.94. The molecule has 2 fully saturated rings. The molecular weight excluding hydrogens is 190 g/mol. The highest BCUT2D eigenvalue weighted by molar-refractivity contribution is 5.82. The van der Waals surface area contributed by atoms with E-state index in [1.165, 1.54) is 6.42 Å². The number of amides is 1. The van der Waals surface area contributed by atoms with Crippen molar-refractivity contribution in [2.75, 3.05) is 26.7 Å². The number of piperidine rings is 1. The number of likely N-dealkylation sites (N-methyl/N-ethyl adjacent to an activating group) is 1. The van der Waals surface area contributed by atoms with Crippen molar-refractivity contribution in [3.63, 3.8) is 0 Å². The molecule has 0 spiro atoms. The summed E-state index contributed by atoms with van der Waals surface area (Å²) in [5.74, 6) is 0.202. The molecular formula is C11H21N3O. The molecule has 0 radical (unpaired) electrons. The minimum atomic E-state index is 0.0669. The Kier molecular flexibility index (Phi) is 3.59. The number of nitrogens with one attached hydrogen (secondary N) is 2. The first-order chi connectivity index (χ1) is 7.25. The molecule has 4 heteroatoms. The molecule has 2 N–H and O–H groups in total. The molecule has 1 amide bonds. The van der Waals surface area contributed by atoms with E-state index in [1.54, 1.807) is 0 Å². The first-order valence-corrected chi connectivity index (χ1v) is 5.98. The molecule has 0 aromatic carbocycles. The van der Waals surface area contributed by atoms with Crippen LogP contribution in [0.25, 0.3) is 0 Å². The van der Waals surface area contributed by atoms with Gasteiger partial charge in [0, 0.05) is 12.6 Å². The lowest BCUT2D eigenvalue weighted by atomic mass is 10.1. The van der Waals surface area contributed by atoms with Crippen molar-refractivity contribution in [2.24, 2.45) is 0 Å². The number of hydrogen-bond donors (Lipinski definition) is 2. The van der Waals surface area contributed by atoms with Crippen LogP contribution in [-0.2, 0) is 4.79 Å². The highest BCUT2D eigenvalue weighted by Crippen LogP contribution is 2.10. The van der Waals surface area contributed by atoms with Crippen LogP contribution in [0.5, 0.6) is 0 Å². The van der Waals surface area contributed by atoms with Gasteiger partial charge in [0.1, 0.15) is 0 Å². The Morgan fingerprint density at radius 1 is 1.40 bits per heavy atom. The van der Waals surface area contributed by atoms with E-state index < -0.39 is 0 Å². The zero-order valence-corrected chi connectivity index (χ0v) is 9.46. The van der Waals surface area contributed by atoms with Crippen LogP contribution in [0.4, 0.5) is 0 Å². The fourth-order valence-electron chi connectivity index (χ4n) is 2.49. The fraction of sp³-hybridized carbons (Fsp3) is 0.909. The number of nitrogens with zero attached hydrogens (tertiary/aromatic N) is 1. The summed E-state index contributed by atoms with van der Waals surface area (Å²) < 4.78 is 0. The Hall–Kier alpha value is -0.610. The first-order valence-electron chi connectivity index (χ1n) is 5.98. The van der Waals surface area contributed by atoms with Gasteiger partial charge in [-0.05, 0) is 45.8 Å². The van der Waals surface area contributed by atoms with Crippen LogP contribution in [0.15, 0.2) is 0 Å². The van der Waals surface area contributed by atoms with Crippen LogP contribution >= 0.6 is 0 Å². The highest BCUT2D eigenvalue weighted by Gasteiger charge is 2.25. The van der Waals surface area contributed by atoms with E-state index in [4.69, 9.17) is 0 Å². The van der Waals surface area contributed by atoms with E-state index in [0.29, 0.717) is 6.04 Å². The fourth-order valence-corrected chi connectivity index (χ4v) is 2.49. The topological polar surface area (TPSA) is 44.4 Å². The highest BCUT2D eigenvalue weighted by atomic mass is 16.2. The first kappa shape index (κ1) is 10.9. The maximum absolute atomic E-state index is 11.8. The molecule has 86 valence electrons. The van der Waals surface area contributed by atoms with Crippen LogP contribution in [0.3, 0.4) is 0 Å². The van der Waals surface area contributed by atoms with Crippen LogP contribution < -0.4 is 10.6 Å². The van der Waals surface area contributed by atoms with Gasteiger partial charge < -0.3 is 15.5 Å². The second-order valence-electron chi connectivity index (χ2n) is 4.76. The molecule has 2 heterocycles. The largest absolute Gasteiger partial charge is 0.351 e. The summed E-state index contributed by atoms with van der Waals surface area (Å²) in [5.41, 5.74) is 0. The van der Waals surface area contributed by atoms with Crippen molar-refractivity contribution in [2.45, 2.75) is 37.8 Å². The van der Waals surface area contributed by atoms with Gasteiger partial charge in [0.25, 0.3) is 0 Å². The van der Waals surface area contributed by atoms with Crippen molar-refractivity contribution in [3.8, 4) is 0 Å². The molecule has 0 aliphatic carbocycles. The lowest BCUT2D eigenvalue weighted by molar-refractivity contribution is -0.123. The van der Waals surface area contributed by atoms with Crippen LogP contribution in [0.1, 0.15) is 25.7 Å². The van der Waals surface area contributed by atoms with Crippen LogP contribution in [-0.4, -0.2) is 49.6 Å². The Morgan fingerprint density at radius 2 is 2.27 bits per heavy atom. The van der Waals surface area contributed by atoms with E-state index in [2.05, 4.69) is 22.6 Å². The average molecular weight is 211 g/mol. The van der Waals surface area contributed by atoms with E-state index in [0.717, 1.165) is 38.9 Å². The number of likely N-dealkylation sites (tertiary alicyclic amines) is 1. The summed E-state index contributed by atoms with van der Waals surface area (Å²) >= 11 is 0. The van der Waals surface area contributed by atoms with Crippen molar-refractivity contribution in [1.29, 1.82) is 0 Å². The number of hydrogen-bond acceptors (Lipinski definition) is 3. The molecule has 2 atom stereocenters. The second-order valence-corrected chi connectivity index (χ2v) is 4.76. The molecule has 0 aromatic rings. The van der Waals surface area contributed by atoms with Gasteiger partial charge in [-0.1, -0.05) is 0 Å².